The highest BCUT2D eigenvalue weighted by molar-refractivity contribution is 5.72. The highest BCUT2D eigenvalue weighted by atomic mass is 16.5. The van der Waals surface area contributed by atoms with Gasteiger partial charge in [-0.3, -0.25) is 4.79 Å². The van der Waals surface area contributed by atoms with Crippen LogP contribution >= 0.6 is 0 Å². The Kier molecular flexibility index (Phi) is 7.31. The molecule has 0 spiro atoms. The Labute approximate surface area is 146 Å². The number of hydrogen-bond acceptors (Lipinski definition) is 5. The lowest BCUT2D eigenvalue weighted by molar-refractivity contribution is -0.139. The van der Waals surface area contributed by atoms with E-state index in [4.69, 9.17) is 9.47 Å². The monoisotopic (exact) mass is 343 g/mol. The molecule has 0 saturated carbocycles. The standard InChI is InChI=1S/C19H21NO5/c1-23-18(21)13-16-8-5-9-17(12-16)24-11-10-20-19(22)25-14-15-6-3-2-4-7-15/h2-9,12H,10-11,13-14H2,1H3,(H,20,22). The molecule has 6 nitrogen and oxygen atoms in total. The van der Waals surface area contributed by atoms with Crippen LogP contribution in [0.3, 0.4) is 0 Å². The third kappa shape index (κ3) is 6.95. The summed E-state index contributed by atoms with van der Waals surface area (Å²) in [6.07, 6.45) is -0.301. The van der Waals surface area contributed by atoms with E-state index < -0.39 is 6.09 Å². The number of nitrogens with one attached hydrogen (secondary N) is 1. The maximum atomic E-state index is 11.6. The molecule has 0 aliphatic rings. The Balaban J connectivity index is 1.66. The van der Waals surface area contributed by atoms with Crippen molar-refractivity contribution in [3.05, 3.63) is 65.7 Å². The first kappa shape index (κ1) is 18.3. The minimum absolute atomic E-state index is 0.192. The van der Waals surface area contributed by atoms with E-state index >= 15 is 0 Å². The molecule has 0 atom stereocenters. The summed E-state index contributed by atoms with van der Waals surface area (Å²) in [5, 5.41) is 2.62. The zero-order valence-electron chi connectivity index (χ0n) is 14.1. The fourth-order valence-corrected chi connectivity index (χ4v) is 2.08. The summed E-state index contributed by atoms with van der Waals surface area (Å²) in [6, 6.07) is 16.6. The van der Waals surface area contributed by atoms with E-state index in [1.807, 2.05) is 36.4 Å². The molecular weight excluding hydrogens is 322 g/mol. The summed E-state index contributed by atoms with van der Waals surface area (Å²) < 4.78 is 15.3. The van der Waals surface area contributed by atoms with Gasteiger partial charge in [-0.1, -0.05) is 42.5 Å². The molecule has 0 fully saturated rings. The van der Waals surface area contributed by atoms with Crippen LogP contribution in [0.4, 0.5) is 4.79 Å². The second-order valence-corrected chi connectivity index (χ2v) is 5.24. The fourth-order valence-electron chi connectivity index (χ4n) is 2.08. The van der Waals surface area contributed by atoms with Crippen molar-refractivity contribution in [3.8, 4) is 5.75 Å². The Morgan fingerprint density at radius 3 is 2.52 bits per heavy atom. The predicted octanol–water partition coefficient (Wildman–Crippen LogP) is 2.71. The lowest BCUT2D eigenvalue weighted by Gasteiger charge is -2.09. The Hall–Kier alpha value is -3.02. The molecule has 2 aromatic rings. The maximum Gasteiger partial charge on any atom is 0.407 e. The lowest BCUT2D eigenvalue weighted by atomic mass is 10.1. The number of esters is 1. The first-order valence-corrected chi connectivity index (χ1v) is 7.90. The van der Waals surface area contributed by atoms with E-state index in [1.54, 1.807) is 18.2 Å². The van der Waals surface area contributed by atoms with Crippen LogP contribution in [0.15, 0.2) is 54.6 Å². The summed E-state index contributed by atoms with van der Waals surface area (Å²) in [4.78, 5) is 22.9. The van der Waals surface area contributed by atoms with Crippen LogP contribution in [-0.4, -0.2) is 32.3 Å². The van der Waals surface area contributed by atoms with Crippen LogP contribution in [0, 0.1) is 0 Å². The maximum absolute atomic E-state index is 11.6. The molecule has 0 unspecified atom stereocenters. The van der Waals surface area contributed by atoms with Crippen molar-refractivity contribution in [1.82, 2.24) is 5.32 Å². The molecule has 0 radical (unpaired) electrons. The minimum Gasteiger partial charge on any atom is -0.492 e. The third-order valence-electron chi connectivity index (χ3n) is 3.33. The number of ether oxygens (including phenoxy) is 3. The summed E-state index contributed by atoms with van der Waals surface area (Å²) >= 11 is 0. The van der Waals surface area contributed by atoms with Crippen molar-refractivity contribution in [2.24, 2.45) is 0 Å². The SMILES string of the molecule is COC(=O)Cc1cccc(OCCNC(=O)OCc2ccccc2)c1. The molecule has 6 heteroatoms. The number of hydrogen-bond donors (Lipinski definition) is 1. The van der Waals surface area contributed by atoms with Gasteiger partial charge in [-0.15, -0.1) is 0 Å². The van der Waals surface area contributed by atoms with Crippen molar-refractivity contribution >= 4 is 12.1 Å². The van der Waals surface area contributed by atoms with Crippen molar-refractivity contribution in [1.29, 1.82) is 0 Å². The normalized spacial score (nSPS) is 9.96. The average Bonchev–Trinajstić information content (AvgIpc) is 2.64. The number of benzene rings is 2. The highest BCUT2D eigenvalue weighted by Crippen LogP contribution is 2.14. The third-order valence-corrected chi connectivity index (χ3v) is 3.33. The van der Waals surface area contributed by atoms with E-state index in [2.05, 4.69) is 10.1 Å². The molecule has 0 aromatic heterocycles. The number of carbonyl (C=O) groups excluding carboxylic acids is 2. The number of carbonyl (C=O) groups is 2. The smallest absolute Gasteiger partial charge is 0.407 e. The Morgan fingerprint density at radius 2 is 1.76 bits per heavy atom. The van der Waals surface area contributed by atoms with E-state index in [0.717, 1.165) is 11.1 Å². The summed E-state index contributed by atoms with van der Waals surface area (Å²) in [7, 11) is 1.35. The van der Waals surface area contributed by atoms with Crippen LogP contribution in [-0.2, 0) is 27.3 Å². The van der Waals surface area contributed by atoms with Crippen molar-refractivity contribution < 1.29 is 23.8 Å². The van der Waals surface area contributed by atoms with Crippen LogP contribution < -0.4 is 10.1 Å². The molecule has 0 aliphatic heterocycles. The number of rotatable bonds is 8. The van der Waals surface area contributed by atoms with Crippen LogP contribution in [0.1, 0.15) is 11.1 Å². The Bertz CT molecular complexity index is 687. The van der Waals surface area contributed by atoms with Gasteiger partial charge >= 0.3 is 12.1 Å². The quantitative estimate of drug-likeness (QED) is 0.589. The van der Waals surface area contributed by atoms with Gasteiger partial charge in [0, 0.05) is 0 Å². The van der Waals surface area contributed by atoms with Gasteiger partial charge in [-0.25, -0.2) is 4.79 Å². The predicted molar refractivity (Wildman–Crippen MR) is 92.3 cm³/mol. The first-order chi connectivity index (χ1) is 12.2. The molecule has 0 saturated heterocycles. The topological polar surface area (TPSA) is 73.9 Å². The van der Waals surface area contributed by atoms with Gasteiger partial charge < -0.3 is 19.5 Å². The van der Waals surface area contributed by atoms with E-state index in [-0.39, 0.29) is 19.0 Å². The van der Waals surface area contributed by atoms with Gasteiger partial charge in [0.15, 0.2) is 0 Å². The number of methoxy groups -OCH3 is 1. The number of amides is 1. The average molecular weight is 343 g/mol. The molecule has 25 heavy (non-hydrogen) atoms. The molecule has 132 valence electrons. The van der Waals surface area contributed by atoms with Gasteiger partial charge in [0.25, 0.3) is 0 Å². The summed E-state index contributed by atoms with van der Waals surface area (Å²) in [5.41, 5.74) is 1.73. The largest absolute Gasteiger partial charge is 0.492 e. The zero-order chi connectivity index (χ0) is 17.9. The highest BCUT2D eigenvalue weighted by Gasteiger charge is 2.05. The molecule has 0 heterocycles. The second kappa shape index (κ2) is 9.97. The van der Waals surface area contributed by atoms with Crippen LogP contribution in [0.2, 0.25) is 0 Å². The van der Waals surface area contributed by atoms with E-state index in [0.29, 0.717) is 18.9 Å². The minimum atomic E-state index is -0.494. The van der Waals surface area contributed by atoms with Crippen LogP contribution in [0.25, 0.3) is 0 Å². The molecule has 1 N–H and O–H groups in total. The second-order valence-electron chi connectivity index (χ2n) is 5.24. The van der Waals surface area contributed by atoms with Crippen molar-refractivity contribution in [2.45, 2.75) is 13.0 Å². The van der Waals surface area contributed by atoms with Gasteiger partial charge in [0.05, 0.1) is 20.1 Å². The van der Waals surface area contributed by atoms with E-state index in [9.17, 15) is 9.59 Å². The molecular formula is C19H21NO5. The molecule has 2 aromatic carbocycles. The van der Waals surface area contributed by atoms with Crippen molar-refractivity contribution in [2.75, 3.05) is 20.3 Å². The van der Waals surface area contributed by atoms with Crippen molar-refractivity contribution in [3.63, 3.8) is 0 Å². The van der Waals surface area contributed by atoms with Gasteiger partial charge in [-0.2, -0.15) is 0 Å². The first-order valence-electron chi connectivity index (χ1n) is 7.90. The molecule has 1 amide bonds. The molecule has 0 bridgehead atoms. The number of alkyl carbamates (subject to hydrolysis) is 1. The summed E-state index contributed by atoms with van der Waals surface area (Å²) in [5.74, 6) is 0.320. The lowest BCUT2D eigenvalue weighted by Crippen LogP contribution is -2.28. The zero-order valence-corrected chi connectivity index (χ0v) is 14.1. The van der Waals surface area contributed by atoms with Crippen LogP contribution in [0.5, 0.6) is 5.75 Å². The molecule has 0 aliphatic carbocycles. The molecule has 2 rings (SSSR count). The van der Waals surface area contributed by atoms with Gasteiger partial charge in [0.1, 0.15) is 19.0 Å². The fraction of sp³-hybridized carbons (Fsp3) is 0.263. The summed E-state index contributed by atoms with van der Waals surface area (Å²) in [6.45, 7) is 0.833. The van der Waals surface area contributed by atoms with Gasteiger partial charge in [-0.05, 0) is 23.3 Å². The van der Waals surface area contributed by atoms with E-state index in [1.165, 1.54) is 7.11 Å². The Morgan fingerprint density at radius 1 is 1.00 bits per heavy atom. The van der Waals surface area contributed by atoms with Gasteiger partial charge in [0.2, 0.25) is 0 Å².